The number of fused-ring (bicyclic) bond motifs is 1. The first-order chi connectivity index (χ1) is 17.1. The van der Waals surface area contributed by atoms with E-state index in [1.54, 1.807) is 36.9 Å². The predicted octanol–water partition coefficient (Wildman–Crippen LogP) is 5.12. The number of hydrogen-bond donors (Lipinski definition) is 3. The van der Waals surface area contributed by atoms with E-state index in [4.69, 9.17) is 0 Å². The minimum Gasteiger partial charge on any atom is -0.388 e. The number of hydrogen-bond acceptors (Lipinski definition) is 6. The number of aryl methyl sites for hydroxylation is 1. The highest BCUT2D eigenvalue weighted by molar-refractivity contribution is 5.85. The van der Waals surface area contributed by atoms with Crippen LogP contribution in [-0.4, -0.2) is 39.7 Å². The van der Waals surface area contributed by atoms with E-state index < -0.39 is 0 Å². The Balaban J connectivity index is 0.000000186. The number of aromatic nitrogens is 4. The van der Waals surface area contributed by atoms with Gasteiger partial charge in [0.05, 0.1) is 11.0 Å². The Morgan fingerprint density at radius 3 is 1.94 bits per heavy atom. The Bertz CT molecular complexity index is 1340. The number of benzene rings is 2. The smallest absolute Gasteiger partial charge is 0.211 e. The van der Waals surface area contributed by atoms with Crippen LogP contribution >= 0.6 is 0 Å². The van der Waals surface area contributed by atoms with Gasteiger partial charge in [-0.3, -0.25) is 19.6 Å². The van der Waals surface area contributed by atoms with Gasteiger partial charge in [0.1, 0.15) is 12.1 Å². The highest BCUT2D eigenvalue weighted by atomic mass is 16.1. The number of aromatic amines is 1. The van der Waals surface area contributed by atoms with Gasteiger partial charge in [-0.05, 0) is 79.2 Å². The number of pyridine rings is 2. The van der Waals surface area contributed by atoms with Gasteiger partial charge in [-0.15, -0.1) is 0 Å². The van der Waals surface area contributed by atoms with Crippen LogP contribution in [0.3, 0.4) is 0 Å². The van der Waals surface area contributed by atoms with Crippen LogP contribution in [0.5, 0.6) is 0 Å². The second-order valence-electron chi connectivity index (χ2n) is 7.33. The van der Waals surface area contributed by atoms with Crippen LogP contribution in [0.2, 0.25) is 0 Å². The fraction of sp³-hybridized carbons (Fsp3) is 0.0741. The van der Waals surface area contributed by atoms with Crippen LogP contribution in [0, 0.1) is 6.92 Å². The molecule has 0 radical (unpaired) electrons. The SMILES string of the molecule is CNc1ccc(-c2nc3ccc(NC=O)cc3[nH]2)cc1.Cc1ccncc1.O=Cc1ccncc1. The monoisotopic (exact) mass is 466 g/mol. The van der Waals surface area contributed by atoms with Crippen molar-refractivity contribution in [1.29, 1.82) is 0 Å². The van der Waals surface area contributed by atoms with Crippen molar-refractivity contribution in [3.8, 4) is 11.4 Å². The normalized spacial score (nSPS) is 9.66. The first kappa shape index (κ1) is 24.8. The van der Waals surface area contributed by atoms with Gasteiger partial charge in [-0.25, -0.2) is 4.98 Å². The number of carbonyl (C=O) groups excluding carboxylic acids is 2. The predicted molar refractivity (Wildman–Crippen MR) is 139 cm³/mol. The summed E-state index contributed by atoms with van der Waals surface area (Å²) in [6, 6.07) is 20.9. The van der Waals surface area contributed by atoms with Gasteiger partial charge in [0.2, 0.25) is 6.41 Å². The molecule has 2 aromatic carbocycles. The Hall–Kier alpha value is -4.85. The number of aldehydes is 1. The summed E-state index contributed by atoms with van der Waals surface area (Å²) in [6.07, 6.45) is 8.20. The van der Waals surface area contributed by atoms with Crippen molar-refractivity contribution in [2.24, 2.45) is 0 Å². The molecule has 0 aliphatic carbocycles. The van der Waals surface area contributed by atoms with Gasteiger partial charge in [0, 0.05) is 54.3 Å². The largest absolute Gasteiger partial charge is 0.388 e. The highest BCUT2D eigenvalue weighted by Crippen LogP contribution is 2.23. The van der Waals surface area contributed by atoms with Gasteiger partial charge in [0.15, 0.2) is 0 Å². The van der Waals surface area contributed by atoms with Gasteiger partial charge in [0.25, 0.3) is 0 Å². The molecule has 0 aliphatic heterocycles. The van der Waals surface area contributed by atoms with E-state index in [0.717, 1.165) is 40.1 Å². The molecule has 0 saturated carbocycles. The standard InChI is InChI=1S/C15H14N4O.C6H5NO.C6H7N/c1-16-11-4-2-10(3-5-11)15-18-13-7-6-12(17-9-20)8-14(13)19-15;8-5-6-1-3-7-4-2-6;1-6-2-4-7-5-3-6/h2-9,16H,1H3,(H,17,20)(H,18,19);1-5H;2-5H,1H3. The number of amides is 1. The number of carbonyl (C=O) groups is 2. The van der Waals surface area contributed by atoms with Crippen LogP contribution in [0.4, 0.5) is 11.4 Å². The van der Waals surface area contributed by atoms with E-state index in [2.05, 4.69) is 30.6 Å². The summed E-state index contributed by atoms with van der Waals surface area (Å²) in [6.45, 7) is 2.04. The molecule has 176 valence electrons. The maximum atomic E-state index is 10.5. The second-order valence-corrected chi connectivity index (χ2v) is 7.33. The van der Waals surface area contributed by atoms with Crippen molar-refractivity contribution in [3.05, 3.63) is 103 Å². The Morgan fingerprint density at radius 2 is 1.43 bits per heavy atom. The van der Waals surface area contributed by atoms with Crippen molar-refractivity contribution >= 4 is 35.1 Å². The summed E-state index contributed by atoms with van der Waals surface area (Å²) in [4.78, 5) is 35.8. The summed E-state index contributed by atoms with van der Waals surface area (Å²) in [5.74, 6) is 0.811. The quantitative estimate of drug-likeness (QED) is 0.310. The molecule has 0 atom stereocenters. The van der Waals surface area contributed by atoms with Gasteiger partial charge in [-0.2, -0.15) is 0 Å². The summed E-state index contributed by atoms with van der Waals surface area (Å²) in [5.41, 5.74) is 6.51. The van der Waals surface area contributed by atoms with Crippen LogP contribution in [-0.2, 0) is 4.79 Å². The molecule has 8 nitrogen and oxygen atoms in total. The van der Waals surface area contributed by atoms with E-state index in [0.29, 0.717) is 12.0 Å². The Kier molecular flexibility index (Phi) is 9.21. The molecule has 0 unspecified atom stereocenters. The van der Waals surface area contributed by atoms with E-state index in [1.165, 1.54) is 5.56 Å². The Labute approximate surface area is 203 Å². The number of nitrogens with one attached hydrogen (secondary N) is 3. The summed E-state index contributed by atoms with van der Waals surface area (Å²) in [5, 5.41) is 5.71. The minimum absolute atomic E-state index is 0.662. The van der Waals surface area contributed by atoms with Crippen LogP contribution in [0.15, 0.2) is 91.5 Å². The minimum atomic E-state index is 0.662. The number of imidazole rings is 1. The molecule has 3 heterocycles. The molecule has 8 heteroatoms. The van der Waals surface area contributed by atoms with Gasteiger partial charge < -0.3 is 15.6 Å². The van der Waals surface area contributed by atoms with E-state index in [1.807, 2.05) is 68.6 Å². The molecule has 5 rings (SSSR count). The molecule has 0 fully saturated rings. The second kappa shape index (κ2) is 13.0. The first-order valence-electron chi connectivity index (χ1n) is 10.8. The summed E-state index contributed by atoms with van der Waals surface area (Å²) in [7, 11) is 1.89. The van der Waals surface area contributed by atoms with Crippen LogP contribution in [0.25, 0.3) is 22.4 Å². The molecule has 0 saturated heterocycles. The van der Waals surface area contributed by atoms with Gasteiger partial charge >= 0.3 is 0 Å². The highest BCUT2D eigenvalue weighted by Gasteiger charge is 2.06. The molecule has 0 spiro atoms. The molecule has 3 aromatic heterocycles. The number of nitrogens with zero attached hydrogens (tertiary/aromatic N) is 3. The van der Waals surface area contributed by atoms with Crippen LogP contribution < -0.4 is 10.6 Å². The van der Waals surface area contributed by atoms with Crippen LogP contribution in [0.1, 0.15) is 15.9 Å². The first-order valence-corrected chi connectivity index (χ1v) is 10.8. The molecule has 5 aromatic rings. The fourth-order valence-electron chi connectivity index (χ4n) is 2.97. The van der Waals surface area contributed by atoms with Crippen molar-refractivity contribution in [2.75, 3.05) is 17.7 Å². The zero-order valence-electron chi connectivity index (χ0n) is 19.5. The molecule has 1 amide bonds. The molecular weight excluding hydrogens is 440 g/mol. The molecular formula is C27H26N6O2. The number of rotatable bonds is 5. The average molecular weight is 467 g/mol. The van der Waals surface area contributed by atoms with E-state index in [9.17, 15) is 9.59 Å². The third-order valence-corrected chi connectivity index (χ3v) is 4.84. The zero-order chi connectivity index (χ0) is 24.9. The van der Waals surface area contributed by atoms with Crippen molar-refractivity contribution in [3.63, 3.8) is 0 Å². The number of H-pyrrole nitrogens is 1. The third-order valence-electron chi connectivity index (χ3n) is 4.84. The molecule has 35 heavy (non-hydrogen) atoms. The summed E-state index contributed by atoms with van der Waals surface area (Å²) < 4.78 is 0. The van der Waals surface area contributed by atoms with Gasteiger partial charge in [-0.1, -0.05) is 0 Å². The third kappa shape index (κ3) is 7.61. The number of anilines is 2. The lowest BCUT2D eigenvalue weighted by Gasteiger charge is -2.00. The van der Waals surface area contributed by atoms with E-state index >= 15 is 0 Å². The maximum Gasteiger partial charge on any atom is 0.211 e. The van der Waals surface area contributed by atoms with Crippen molar-refractivity contribution < 1.29 is 9.59 Å². The maximum absolute atomic E-state index is 10.5. The fourth-order valence-corrected chi connectivity index (χ4v) is 2.97. The zero-order valence-corrected chi connectivity index (χ0v) is 19.5. The Morgan fingerprint density at radius 1 is 0.800 bits per heavy atom. The lowest BCUT2D eigenvalue weighted by atomic mass is 10.2. The van der Waals surface area contributed by atoms with E-state index in [-0.39, 0.29) is 0 Å². The lowest BCUT2D eigenvalue weighted by Crippen LogP contribution is -1.92. The van der Waals surface area contributed by atoms with Crippen molar-refractivity contribution in [1.82, 2.24) is 19.9 Å². The topological polar surface area (TPSA) is 113 Å². The molecule has 0 bridgehead atoms. The summed E-state index contributed by atoms with van der Waals surface area (Å²) >= 11 is 0. The lowest BCUT2D eigenvalue weighted by molar-refractivity contribution is -0.105. The molecule has 3 N–H and O–H groups in total. The average Bonchev–Trinajstić information content (AvgIpc) is 3.34. The molecule has 0 aliphatic rings. The van der Waals surface area contributed by atoms with Crippen molar-refractivity contribution in [2.45, 2.75) is 6.92 Å².